The third-order valence-electron chi connectivity index (χ3n) is 9.50. The van der Waals surface area contributed by atoms with Crippen molar-refractivity contribution >= 4 is 27.5 Å². The van der Waals surface area contributed by atoms with E-state index in [0.717, 1.165) is 48.1 Å². The Balaban J connectivity index is 1.43. The second kappa shape index (κ2) is 7.52. The number of fused-ring (bicyclic) bond motifs is 4. The summed E-state index contributed by atoms with van der Waals surface area (Å²) >= 11 is 3.52. The van der Waals surface area contributed by atoms with E-state index in [4.69, 9.17) is 0 Å². The molecule has 3 heteroatoms. The van der Waals surface area contributed by atoms with Crippen molar-refractivity contribution in [2.45, 2.75) is 71.1 Å². The molecular formula is C29H33BrO2. The molecule has 0 aliphatic heterocycles. The van der Waals surface area contributed by atoms with E-state index in [-0.39, 0.29) is 17.6 Å². The summed E-state index contributed by atoms with van der Waals surface area (Å²) < 4.78 is 1.05. The predicted molar refractivity (Wildman–Crippen MR) is 130 cm³/mol. The number of Topliss-reactive ketones (excluding diaryl/α,β-unsaturated/α-hetero) is 1. The van der Waals surface area contributed by atoms with E-state index in [1.807, 2.05) is 18.2 Å². The van der Waals surface area contributed by atoms with Crippen LogP contribution in [0.5, 0.6) is 0 Å². The van der Waals surface area contributed by atoms with Crippen LogP contribution in [-0.2, 0) is 9.59 Å². The predicted octanol–water partition coefficient (Wildman–Crippen LogP) is 7.19. The first kappa shape index (κ1) is 21.1. The number of carbonyl (C=O) groups is 2. The Labute approximate surface area is 200 Å². The third-order valence-corrected chi connectivity index (χ3v) is 10.0. The molecule has 0 aromatic heterocycles. The molecule has 0 amide bonds. The first-order valence-electron chi connectivity index (χ1n) is 12.6. The SMILES string of the molecule is CC1C[C@H]2[C@H]3C(=C4CC(c5ccc(Br)cc5)C(=O)C=C4CC3C(=O)C3CC3)CC[C@]2(C)C1. The topological polar surface area (TPSA) is 34.1 Å². The van der Waals surface area contributed by atoms with Gasteiger partial charge in [-0.3, -0.25) is 9.59 Å². The van der Waals surface area contributed by atoms with Crippen molar-refractivity contribution in [3.05, 3.63) is 57.1 Å². The Morgan fingerprint density at radius 2 is 1.88 bits per heavy atom. The van der Waals surface area contributed by atoms with E-state index in [1.165, 1.54) is 30.4 Å². The van der Waals surface area contributed by atoms with Crippen molar-refractivity contribution in [3.8, 4) is 0 Å². The number of rotatable bonds is 3. The van der Waals surface area contributed by atoms with Crippen LogP contribution < -0.4 is 0 Å². The fraction of sp³-hybridized carbons (Fsp3) is 0.586. The average molecular weight is 493 g/mol. The average Bonchev–Trinajstić information content (AvgIpc) is 3.55. The molecule has 0 heterocycles. The van der Waals surface area contributed by atoms with Gasteiger partial charge >= 0.3 is 0 Å². The van der Waals surface area contributed by atoms with Crippen LogP contribution in [0.3, 0.4) is 0 Å². The molecule has 3 saturated carbocycles. The number of hydrogen-bond acceptors (Lipinski definition) is 2. The second-order valence-corrected chi connectivity index (χ2v) is 12.6. The smallest absolute Gasteiger partial charge is 0.163 e. The lowest BCUT2D eigenvalue weighted by Gasteiger charge is -2.50. The molecule has 0 N–H and O–H groups in total. The minimum absolute atomic E-state index is 0.0819. The monoisotopic (exact) mass is 492 g/mol. The Morgan fingerprint density at radius 1 is 1.12 bits per heavy atom. The van der Waals surface area contributed by atoms with Gasteiger partial charge in [0.2, 0.25) is 0 Å². The summed E-state index contributed by atoms with van der Waals surface area (Å²) in [5.74, 6) is 2.86. The third kappa shape index (κ3) is 3.33. The van der Waals surface area contributed by atoms with Crippen molar-refractivity contribution in [1.29, 1.82) is 0 Å². The molecule has 5 aliphatic carbocycles. The highest BCUT2D eigenvalue weighted by Gasteiger charge is 2.56. The fourth-order valence-electron chi connectivity index (χ4n) is 7.93. The Bertz CT molecular complexity index is 1040. The quantitative estimate of drug-likeness (QED) is 0.447. The van der Waals surface area contributed by atoms with Crippen LogP contribution in [0.1, 0.15) is 76.7 Å². The number of carbonyl (C=O) groups excluding carboxylic acids is 2. The highest BCUT2D eigenvalue weighted by Crippen LogP contribution is 2.63. The van der Waals surface area contributed by atoms with E-state index >= 15 is 0 Å². The number of halogens is 1. The summed E-state index contributed by atoms with van der Waals surface area (Å²) in [7, 11) is 0. The first-order chi connectivity index (χ1) is 15.3. The van der Waals surface area contributed by atoms with Crippen LogP contribution in [0.4, 0.5) is 0 Å². The summed E-state index contributed by atoms with van der Waals surface area (Å²) in [6, 6.07) is 8.26. The van der Waals surface area contributed by atoms with Crippen LogP contribution in [0.15, 0.2) is 51.5 Å². The van der Waals surface area contributed by atoms with Crippen molar-refractivity contribution in [2.24, 2.45) is 35.0 Å². The van der Waals surface area contributed by atoms with Crippen LogP contribution in [0, 0.1) is 35.0 Å². The molecular weight excluding hydrogens is 460 g/mol. The van der Waals surface area contributed by atoms with Gasteiger partial charge in [-0.25, -0.2) is 0 Å². The van der Waals surface area contributed by atoms with E-state index < -0.39 is 0 Å². The molecule has 1 aromatic carbocycles. The zero-order chi connectivity index (χ0) is 22.2. The van der Waals surface area contributed by atoms with Crippen molar-refractivity contribution in [2.75, 3.05) is 0 Å². The molecule has 2 nitrogen and oxygen atoms in total. The maximum atomic E-state index is 13.5. The molecule has 0 radical (unpaired) electrons. The van der Waals surface area contributed by atoms with Crippen molar-refractivity contribution in [3.63, 3.8) is 0 Å². The summed E-state index contributed by atoms with van der Waals surface area (Å²) in [4.78, 5) is 26.7. The van der Waals surface area contributed by atoms with E-state index in [2.05, 4.69) is 41.9 Å². The van der Waals surface area contributed by atoms with Crippen LogP contribution >= 0.6 is 15.9 Å². The van der Waals surface area contributed by atoms with Gasteiger partial charge in [0.25, 0.3) is 0 Å². The molecule has 0 spiro atoms. The second-order valence-electron chi connectivity index (χ2n) is 11.7. The lowest BCUT2D eigenvalue weighted by Crippen LogP contribution is -2.44. The lowest BCUT2D eigenvalue weighted by molar-refractivity contribution is -0.127. The molecule has 6 rings (SSSR count). The van der Waals surface area contributed by atoms with Gasteiger partial charge < -0.3 is 0 Å². The highest BCUT2D eigenvalue weighted by molar-refractivity contribution is 9.10. The van der Waals surface area contributed by atoms with Gasteiger partial charge in [0.15, 0.2) is 5.78 Å². The molecule has 168 valence electrons. The van der Waals surface area contributed by atoms with Gasteiger partial charge in [0, 0.05) is 16.3 Å². The zero-order valence-electron chi connectivity index (χ0n) is 19.2. The normalized spacial score (nSPS) is 38.7. The van der Waals surface area contributed by atoms with E-state index in [1.54, 1.807) is 5.57 Å². The Morgan fingerprint density at radius 3 is 2.59 bits per heavy atom. The van der Waals surface area contributed by atoms with Gasteiger partial charge in [-0.05, 0) is 109 Å². The Kier molecular flexibility index (Phi) is 4.95. The fourth-order valence-corrected chi connectivity index (χ4v) is 8.19. The maximum absolute atomic E-state index is 13.5. The standard InChI is InChI=1S/C29H33BrO2/c1-16-11-25-27-21(9-10-29(25,2)15-16)22-14-23(17-5-7-20(30)8-6-17)26(31)13-19(22)12-24(27)28(32)18-3-4-18/h5-8,13,16,18,23-25,27H,3-4,9-12,14-15H2,1-2H3/t16?,23?,24?,25-,27-,29+/m0/s1. The maximum Gasteiger partial charge on any atom is 0.163 e. The van der Waals surface area contributed by atoms with E-state index in [0.29, 0.717) is 29.0 Å². The lowest BCUT2D eigenvalue weighted by atomic mass is 9.53. The summed E-state index contributed by atoms with van der Waals surface area (Å²) in [6.45, 7) is 4.91. The highest BCUT2D eigenvalue weighted by atomic mass is 79.9. The van der Waals surface area contributed by atoms with Gasteiger partial charge in [0.1, 0.15) is 5.78 Å². The molecule has 0 bridgehead atoms. The molecule has 3 unspecified atom stereocenters. The van der Waals surface area contributed by atoms with Crippen LogP contribution in [0.25, 0.3) is 0 Å². The molecule has 1 aromatic rings. The van der Waals surface area contributed by atoms with E-state index in [9.17, 15) is 9.59 Å². The number of allylic oxidation sites excluding steroid dienone is 4. The van der Waals surface area contributed by atoms with Crippen LogP contribution in [-0.4, -0.2) is 11.6 Å². The van der Waals surface area contributed by atoms with Gasteiger partial charge in [-0.1, -0.05) is 47.5 Å². The zero-order valence-corrected chi connectivity index (χ0v) is 20.8. The summed E-state index contributed by atoms with van der Waals surface area (Å²) in [6.07, 6.45) is 10.6. The first-order valence-corrected chi connectivity index (χ1v) is 13.4. The summed E-state index contributed by atoms with van der Waals surface area (Å²) in [5, 5.41) is 0. The van der Waals surface area contributed by atoms with Crippen LogP contribution in [0.2, 0.25) is 0 Å². The summed E-state index contributed by atoms with van der Waals surface area (Å²) in [5.41, 5.74) is 5.71. The number of benzene rings is 1. The molecule has 6 atom stereocenters. The van der Waals surface area contributed by atoms with Gasteiger partial charge in [-0.15, -0.1) is 0 Å². The van der Waals surface area contributed by atoms with Crippen molar-refractivity contribution < 1.29 is 9.59 Å². The minimum atomic E-state index is -0.0819. The number of ketones is 2. The minimum Gasteiger partial charge on any atom is -0.299 e. The number of hydrogen-bond donors (Lipinski definition) is 0. The Hall–Kier alpha value is -1.48. The van der Waals surface area contributed by atoms with Gasteiger partial charge in [-0.2, -0.15) is 0 Å². The molecule has 5 aliphatic rings. The van der Waals surface area contributed by atoms with Gasteiger partial charge in [0.05, 0.1) is 5.92 Å². The largest absolute Gasteiger partial charge is 0.299 e. The molecule has 32 heavy (non-hydrogen) atoms. The molecule has 0 saturated heterocycles. The molecule has 3 fully saturated rings. The van der Waals surface area contributed by atoms with Crippen molar-refractivity contribution in [1.82, 2.24) is 0 Å².